The Bertz CT molecular complexity index is 301. The third kappa shape index (κ3) is 1.02. The number of nitrogens with one attached hydrogen (secondary N) is 1. The summed E-state index contributed by atoms with van der Waals surface area (Å²) in [5.74, 6) is 4.12. The highest BCUT2D eigenvalue weighted by Gasteiger charge is 2.67. The van der Waals surface area contributed by atoms with Gasteiger partial charge in [0.2, 0.25) is 5.91 Å². The minimum Gasteiger partial charge on any atom is -0.337 e. The van der Waals surface area contributed by atoms with Crippen LogP contribution in [0, 0.1) is 23.7 Å². The smallest absolute Gasteiger partial charge is 0.236 e. The summed E-state index contributed by atoms with van der Waals surface area (Å²) < 4.78 is 0. The second kappa shape index (κ2) is 2.76. The lowest BCUT2D eigenvalue weighted by molar-refractivity contribution is -0.133. The first kappa shape index (κ1) is 8.57. The van der Waals surface area contributed by atoms with Gasteiger partial charge in [0.25, 0.3) is 0 Å². The topological polar surface area (TPSA) is 32.3 Å². The Balaban J connectivity index is 1.54. The van der Waals surface area contributed by atoms with E-state index in [0.717, 1.165) is 36.8 Å². The van der Waals surface area contributed by atoms with Crippen LogP contribution < -0.4 is 5.32 Å². The van der Waals surface area contributed by atoms with Crippen molar-refractivity contribution in [3.05, 3.63) is 0 Å². The summed E-state index contributed by atoms with van der Waals surface area (Å²) in [6.07, 6.45) is 4.37. The minimum atomic E-state index is 0.347. The average molecular weight is 206 g/mol. The monoisotopic (exact) mass is 206 g/mol. The molecule has 4 atom stereocenters. The highest BCUT2D eigenvalue weighted by molar-refractivity contribution is 5.80. The Kier molecular flexibility index (Phi) is 1.58. The number of fused-ring (bicyclic) bond motifs is 5. The van der Waals surface area contributed by atoms with Crippen molar-refractivity contribution >= 4 is 5.91 Å². The van der Waals surface area contributed by atoms with Crippen LogP contribution in [0.25, 0.3) is 0 Å². The largest absolute Gasteiger partial charge is 0.337 e. The summed E-state index contributed by atoms with van der Waals surface area (Å²) in [5.41, 5.74) is 0. The third-order valence-corrected chi connectivity index (χ3v) is 5.18. The fourth-order valence-corrected chi connectivity index (χ4v) is 4.63. The van der Waals surface area contributed by atoms with Crippen molar-refractivity contribution in [2.24, 2.45) is 23.7 Å². The Morgan fingerprint density at radius 3 is 2.60 bits per heavy atom. The predicted octanol–water partition coefficient (Wildman–Crippen LogP) is 0.463. The Morgan fingerprint density at radius 2 is 1.93 bits per heavy atom. The van der Waals surface area contributed by atoms with Gasteiger partial charge in [0.15, 0.2) is 0 Å². The van der Waals surface area contributed by atoms with E-state index < -0.39 is 0 Å². The van der Waals surface area contributed by atoms with Gasteiger partial charge in [-0.05, 0) is 42.9 Å². The van der Waals surface area contributed by atoms with E-state index in [1.54, 1.807) is 0 Å². The molecule has 1 saturated heterocycles. The number of hydrogen-bond donors (Lipinski definition) is 1. The van der Waals surface area contributed by atoms with Crippen molar-refractivity contribution in [3.8, 4) is 0 Å². The van der Waals surface area contributed by atoms with Crippen molar-refractivity contribution in [2.75, 3.05) is 19.6 Å². The molecule has 82 valence electrons. The van der Waals surface area contributed by atoms with E-state index in [0.29, 0.717) is 18.5 Å². The first-order valence-corrected chi connectivity index (χ1v) is 6.36. The van der Waals surface area contributed by atoms with Gasteiger partial charge in [0.1, 0.15) is 0 Å². The van der Waals surface area contributed by atoms with E-state index in [9.17, 15) is 4.79 Å². The van der Waals surface area contributed by atoms with Crippen LogP contribution in [0.15, 0.2) is 0 Å². The number of hydrogen-bond acceptors (Lipinski definition) is 2. The van der Waals surface area contributed by atoms with E-state index in [-0.39, 0.29) is 0 Å². The van der Waals surface area contributed by atoms with Crippen LogP contribution in [0.3, 0.4) is 0 Å². The molecule has 1 heterocycles. The van der Waals surface area contributed by atoms with Crippen molar-refractivity contribution in [1.82, 2.24) is 10.2 Å². The maximum atomic E-state index is 11.8. The lowest BCUT2D eigenvalue weighted by Crippen LogP contribution is -2.50. The van der Waals surface area contributed by atoms with E-state index in [1.807, 2.05) is 0 Å². The van der Waals surface area contributed by atoms with Crippen LogP contribution in [0.2, 0.25) is 0 Å². The zero-order valence-electron chi connectivity index (χ0n) is 8.98. The summed E-state index contributed by atoms with van der Waals surface area (Å²) in [4.78, 5) is 14.0. The molecule has 4 fully saturated rings. The summed E-state index contributed by atoms with van der Waals surface area (Å²) in [5, 5.41) is 3.16. The summed E-state index contributed by atoms with van der Waals surface area (Å²) in [6, 6.07) is 0.658. The molecule has 1 N–H and O–H groups in total. The summed E-state index contributed by atoms with van der Waals surface area (Å²) in [7, 11) is 0. The maximum absolute atomic E-state index is 11.8. The standard InChI is InChI=1S/C12H18N2O/c15-9-6-13-3-4-14(9)12-10-7-1-2-8(5-7)11(10)12/h7-8,10-13H,1-6H2. The van der Waals surface area contributed by atoms with Crippen LogP contribution in [-0.4, -0.2) is 36.5 Å². The maximum Gasteiger partial charge on any atom is 0.236 e. The molecule has 0 aromatic rings. The van der Waals surface area contributed by atoms with Gasteiger partial charge in [-0.2, -0.15) is 0 Å². The number of carbonyl (C=O) groups is 1. The van der Waals surface area contributed by atoms with Crippen LogP contribution in [0.4, 0.5) is 0 Å². The normalized spacial score (nSPS) is 52.1. The molecule has 3 saturated carbocycles. The Labute approximate surface area is 90.2 Å². The van der Waals surface area contributed by atoms with Crippen molar-refractivity contribution in [2.45, 2.75) is 25.3 Å². The molecule has 4 rings (SSSR count). The van der Waals surface area contributed by atoms with E-state index >= 15 is 0 Å². The molecule has 4 unspecified atom stereocenters. The molecule has 0 radical (unpaired) electrons. The van der Waals surface area contributed by atoms with Crippen molar-refractivity contribution in [1.29, 1.82) is 0 Å². The molecule has 3 aliphatic carbocycles. The fourth-order valence-electron chi connectivity index (χ4n) is 4.63. The molecule has 0 spiro atoms. The molecular formula is C12H18N2O. The molecule has 3 nitrogen and oxygen atoms in total. The zero-order valence-corrected chi connectivity index (χ0v) is 8.98. The highest BCUT2D eigenvalue weighted by atomic mass is 16.2. The molecular weight excluding hydrogens is 188 g/mol. The quantitative estimate of drug-likeness (QED) is 0.676. The third-order valence-electron chi connectivity index (χ3n) is 5.18. The van der Waals surface area contributed by atoms with Crippen molar-refractivity contribution < 1.29 is 4.79 Å². The lowest BCUT2D eigenvalue weighted by atomic mass is 10.0. The molecule has 0 aromatic carbocycles. The van der Waals surface area contributed by atoms with Gasteiger partial charge in [0.05, 0.1) is 6.54 Å². The number of carbonyl (C=O) groups excluding carboxylic acids is 1. The van der Waals surface area contributed by atoms with Crippen LogP contribution >= 0.6 is 0 Å². The highest BCUT2D eigenvalue weighted by Crippen LogP contribution is 2.67. The van der Waals surface area contributed by atoms with Gasteiger partial charge in [-0.25, -0.2) is 0 Å². The van der Waals surface area contributed by atoms with Crippen LogP contribution in [0.1, 0.15) is 19.3 Å². The van der Waals surface area contributed by atoms with Crippen LogP contribution in [-0.2, 0) is 4.79 Å². The van der Waals surface area contributed by atoms with Gasteiger partial charge in [-0.1, -0.05) is 0 Å². The van der Waals surface area contributed by atoms with E-state index in [4.69, 9.17) is 0 Å². The van der Waals surface area contributed by atoms with Gasteiger partial charge in [-0.3, -0.25) is 4.79 Å². The van der Waals surface area contributed by atoms with Gasteiger partial charge >= 0.3 is 0 Å². The first-order valence-electron chi connectivity index (χ1n) is 6.36. The van der Waals surface area contributed by atoms with E-state index in [1.165, 1.54) is 19.3 Å². The van der Waals surface area contributed by atoms with Gasteiger partial charge in [0, 0.05) is 19.1 Å². The number of rotatable bonds is 1. The van der Waals surface area contributed by atoms with Gasteiger partial charge in [-0.15, -0.1) is 0 Å². The van der Waals surface area contributed by atoms with Crippen LogP contribution in [0.5, 0.6) is 0 Å². The predicted molar refractivity (Wildman–Crippen MR) is 56.2 cm³/mol. The molecule has 4 aliphatic rings. The van der Waals surface area contributed by atoms with Gasteiger partial charge < -0.3 is 10.2 Å². The lowest BCUT2D eigenvalue weighted by Gasteiger charge is -2.29. The zero-order chi connectivity index (χ0) is 9.99. The van der Waals surface area contributed by atoms with E-state index in [2.05, 4.69) is 10.2 Å². The summed E-state index contributed by atoms with van der Waals surface area (Å²) >= 11 is 0. The average Bonchev–Trinajstić information content (AvgIpc) is 2.67. The summed E-state index contributed by atoms with van der Waals surface area (Å²) in [6.45, 7) is 2.53. The second-order valence-corrected chi connectivity index (χ2v) is 5.74. The number of piperazine rings is 1. The first-order chi connectivity index (χ1) is 7.36. The van der Waals surface area contributed by atoms with Crippen molar-refractivity contribution in [3.63, 3.8) is 0 Å². The Morgan fingerprint density at radius 1 is 1.20 bits per heavy atom. The molecule has 1 amide bonds. The molecule has 15 heavy (non-hydrogen) atoms. The number of nitrogens with zero attached hydrogens (tertiary/aromatic N) is 1. The molecule has 2 bridgehead atoms. The molecule has 3 heteroatoms. The second-order valence-electron chi connectivity index (χ2n) is 5.74. The minimum absolute atomic E-state index is 0.347. The fraction of sp³-hybridized carbons (Fsp3) is 0.917. The Hall–Kier alpha value is -0.570. The number of amides is 1. The molecule has 1 aliphatic heterocycles. The SMILES string of the molecule is O=C1CNCCN1C1C2C3CCC(C3)C21. The molecule has 0 aromatic heterocycles.